The van der Waals surface area contributed by atoms with Crippen molar-refractivity contribution < 1.29 is 4.79 Å². The summed E-state index contributed by atoms with van der Waals surface area (Å²) in [6.45, 7) is 5.87. The van der Waals surface area contributed by atoms with Gasteiger partial charge in [0.1, 0.15) is 0 Å². The first kappa shape index (κ1) is 15.4. The van der Waals surface area contributed by atoms with Crippen molar-refractivity contribution in [2.75, 3.05) is 0 Å². The van der Waals surface area contributed by atoms with Crippen LogP contribution in [0.4, 0.5) is 0 Å². The van der Waals surface area contributed by atoms with E-state index in [9.17, 15) is 4.79 Å². The fourth-order valence-electron chi connectivity index (χ4n) is 1.21. The average molecular weight is 350 g/mol. The van der Waals surface area contributed by atoms with Crippen LogP contribution >= 0.6 is 39.7 Å². The second-order valence-electron chi connectivity index (χ2n) is 4.78. The molecule has 2 N–H and O–H groups in total. The molecule has 0 unspecified atom stereocenters. The van der Waals surface area contributed by atoms with Gasteiger partial charge in [-0.3, -0.25) is 10.1 Å². The molecule has 0 saturated carbocycles. The second-order valence-corrected chi connectivity index (χ2v) is 6.51. The molecule has 98 valence electrons. The van der Waals surface area contributed by atoms with E-state index in [-0.39, 0.29) is 16.6 Å². The summed E-state index contributed by atoms with van der Waals surface area (Å²) >= 11 is 14.3. The SMILES string of the molecule is CC(C)(C)NC(=S)NC(=O)c1cc(Br)ccc1Cl. The van der Waals surface area contributed by atoms with Crippen molar-refractivity contribution in [3.63, 3.8) is 0 Å². The van der Waals surface area contributed by atoms with Crippen molar-refractivity contribution in [3.05, 3.63) is 33.3 Å². The van der Waals surface area contributed by atoms with Gasteiger partial charge >= 0.3 is 0 Å². The third-order valence-corrected chi connectivity index (χ3v) is 2.92. The third-order valence-electron chi connectivity index (χ3n) is 1.89. The van der Waals surface area contributed by atoms with Crippen LogP contribution in [0.25, 0.3) is 0 Å². The largest absolute Gasteiger partial charge is 0.358 e. The first-order chi connectivity index (χ1) is 8.19. The maximum Gasteiger partial charge on any atom is 0.258 e. The van der Waals surface area contributed by atoms with Gasteiger partial charge in [-0.05, 0) is 51.2 Å². The predicted octanol–water partition coefficient (Wildman–Crippen LogP) is 3.51. The first-order valence-corrected chi connectivity index (χ1v) is 6.85. The van der Waals surface area contributed by atoms with E-state index in [1.165, 1.54) is 0 Å². The number of benzene rings is 1. The lowest BCUT2D eigenvalue weighted by atomic mass is 10.1. The van der Waals surface area contributed by atoms with Gasteiger partial charge in [0, 0.05) is 10.0 Å². The Kier molecular flexibility index (Phi) is 5.13. The van der Waals surface area contributed by atoms with E-state index < -0.39 is 0 Å². The fourth-order valence-corrected chi connectivity index (χ4v) is 2.18. The van der Waals surface area contributed by atoms with Crippen LogP contribution in [0.3, 0.4) is 0 Å². The molecule has 0 atom stereocenters. The zero-order valence-electron chi connectivity index (χ0n) is 10.3. The van der Waals surface area contributed by atoms with Gasteiger partial charge in [0.15, 0.2) is 5.11 Å². The van der Waals surface area contributed by atoms with Crippen molar-refractivity contribution in [2.24, 2.45) is 0 Å². The quantitative estimate of drug-likeness (QED) is 0.762. The smallest absolute Gasteiger partial charge is 0.258 e. The molecule has 1 aromatic carbocycles. The Bertz CT molecular complexity index is 485. The number of hydrogen-bond acceptors (Lipinski definition) is 2. The normalized spacial score (nSPS) is 10.9. The molecule has 1 amide bonds. The van der Waals surface area contributed by atoms with Gasteiger partial charge in [0.05, 0.1) is 10.6 Å². The van der Waals surface area contributed by atoms with Crippen LogP contribution in [0.5, 0.6) is 0 Å². The highest BCUT2D eigenvalue weighted by atomic mass is 79.9. The van der Waals surface area contributed by atoms with Crippen LogP contribution < -0.4 is 10.6 Å². The van der Waals surface area contributed by atoms with Crippen LogP contribution in [-0.2, 0) is 0 Å². The summed E-state index contributed by atoms with van der Waals surface area (Å²) in [5, 5.41) is 6.26. The summed E-state index contributed by atoms with van der Waals surface area (Å²) in [5.74, 6) is -0.331. The van der Waals surface area contributed by atoms with E-state index >= 15 is 0 Å². The number of amides is 1. The van der Waals surface area contributed by atoms with E-state index in [4.69, 9.17) is 23.8 Å². The van der Waals surface area contributed by atoms with E-state index in [0.29, 0.717) is 10.6 Å². The zero-order valence-corrected chi connectivity index (χ0v) is 13.5. The molecule has 0 heterocycles. The standard InChI is InChI=1S/C12H14BrClN2OS/c1-12(2,3)16-11(18)15-10(17)8-6-7(13)4-5-9(8)14/h4-6H,1-3H3,(H2,15,16,17,18). The number of carbonyl (C=O) groups excluding carboxylic acids is 1. The number of thiocarbonyl (C=S) groups is 1. The predicted molar refractivity (Wildman–Crippen MR) is 82.1 cm³/mol. The molecule has 0 aromatic heterocycles. The van der Waals surface area contributed by atoms with Crippen LogP contribution in [0.15, 0.2) is 22.7 Å². The zero-order chi connectivity index (χ0) is 13.9. The summed E-state index contributed by atoms with van der Waals surface area (Å²) in [6, 6.07) is 5.07. The van der Waals surface area contributed by atoms with E-state index in [0.717, 1.165) is 4.47 Å². The average Bonchev–Trinajstić information content (AvgIpc) is 2.18. The Morgan fingerprint density at radius 2 is 2.00 bits per heavy atom. The second kappa shape index (κ2) is 5.99. The molecule has 0 aliphatic rings. The van der Waals surface area contributed by atoms with Crippen LogP contribution in [0.1, 0.15) is 31.1 Å². The van der Waals surface area contributed by atoms with E-state index in [1.807, 2.05) is 20.8 Å². The molecule has 3 nitrogen and oxygen atoms in total. The Hall–Kier alpha value is -0.650. The number of hydrogen-bond donors (Lipinski definition) is 2. The molecule has 0 bridgehead atoms. The highest BCUT2D eigenvalue weighted by molar-refractivity contribution is 9.10. The molecular formula is C12H14BrClN2OS. The molecule has 0 saturated heterocycles. The maximum atomic E-state index is 12.0. The van der Waals surface area contributed by atoms with Crippen molar-refractivity contribution >= 4 is 50.8 Å². The highest BCUT2D eigenvalue weighted by Gasteiger charge is 2.15. The topological polar surface area (TPSA) is 41.1 Å². The van der Waals surface area contributed by atoms with Gasteiger partial charge in [-0.25, -0.2) is 0 Å². The maximum absolute atomic E-state index is 12.0. The molecule has 6 heteroatoms. The van der Waals surface area contributed by atoms with Gasteiger partial charge in [-0.2, -0.15) is 0 Å². The Balaban J connectivity index is 2.77. The van der Waals surface area contributed by atoms with Crippen molar-refractivity contribution in [2.45, 2.75) is 26.3 Å². The van der Waals surface area contributed by atoms with Gasteiger partial charge in [0.25, 0.3) is 5.91 Å². The first-order valence-electron chi connectivity index (χ1n) is 5.27. The van der Waals surface area contributed by atoms with Gasteiger partial charge < -0.3 is 5.32 Å². The van der Waals surface area contributed by atoms with E-state index in [2.05, 4.69) is 26.6 Å². The lowest BCUT2D eigenvalue weighted by Crippen LogP contribution is -2.48. The lowest BCUT2D eigenvalue weighted by Gasteiger charge is -2.22. The number of nitrogens with one attached hydrogen (secondary N) is 2. The molecule has 18 heavy (non-hydrogen) atoms. The number of rotatable bonds is 1. The Morgan fingerprint density at radius 3 is 2.56 bits per heavy atom. The summed E-state index contributed by atoms with van der Waals surface area (Å²) in [5.41, 5.74) is 0.176. The monoisotopic (exact) mass is 348 g/mol. The minimum Gasteiger partial charge on any atom is -0.358 e. The van der Waals surface area contributed by atoms with Crippen LogP contribution in [0.2, 0.25) is 5.02 Å². The molecular weight excluding hydrogens is 336 g/mol. The minimum absolute atomic E-state index is 0.203. The lowest BCUT2D eigenvalue weighted by molar-refractivity contribution is 0.0976. The molecule has 1 aromatic rings. The van der Waals surface area contributed by atoms with Crippen molar-refractivity contribution in [3.8, 4) is 0 Å². The minimum atomic E-state index is -0.331. The molecule has 0 aliphatic heterocycles. The molecule has 0 radical (unpaired) electrons. The fraction of sp³-hybridized carbons (Fsp3) is 0.333. The van der Waals surface area contributed by atoms with Crippen LogP contribution in [-0.4, -0.2) is 16.6 Å². The van der Waals surface area contributed by atoms with Crippen LogP contribution in [0, 0.1) is 0 Å². The summed E-state index contributed by atoms with van der Waals surface area (Å²) < 4.78 is 0.784. The number of carbonyl (C=O) groups is 1. The van der Waals surface area contributed by atoms with Crippen molar-refractivity contribution in [1.29, 1.82) is 0 Å². The summed E-state index contributed by atoms with van der Waals surface area (Å²) in [4.78, 5) is 12.0. The van der Waals surface area contributed by atoms with Crippen molar-refractivity contribution in [1.82, 2.24) is 10.6 Å². The Morgan fingerprint density at radius 1 is 1.39 bits per heavy atom. The van der Waals surface area contributed by atoms with Gasteiger partial charge in [0.2, 0.25) is 0 Å². The highest BCUT2D eigenvalue weighted by Crippen LogP contribution is 2.20. The molecule has 0 aliphatic carbocycles. The summed E-state index contributed by atoms with van der Waals surface area (Å²) in [7, 11) is 0. The number of halogens is 2. The Labute approximate surface area is 125 Å². The van der Waals surface area contributed by atoms with E-state index in [1.54, 1.807) is 18.2 Å². The third kappa shape index (κ3) is 4.92. The summed E-state index contributed by atoms with van der Waals surface area (Å²) in [6.07, 6.45) is 0. The van der Waals surface area contributed by atoms with Gasteiger partial charge in [-0.1, -0.05) is 27.5 Å². The molecule has 1 rings (SSSR count). The molecule has 0 fully saturated rings. The molecule has 0 spiro atoms. The van der Waals surface area contributed by atoms with Gasteiger partial charge in [-0.15, -0.1) is 0 Å².